The van der Waals surface area contributed by atoms with Gasteiger partial charge in [-0.2, -0.15) is 0 Å². The van der Waals surface area contributed by atoms with Crippen LogP contribution in [0.15, 0.2) is 155 Å². The van der Waals surface area contributed by atoms with Gasteiger partial charge in [-0.15, -0.1) is 0 Å². The molecule has 0 aromatic carbocycles. The molecule has 14 aliphatic rings. The molecule has 0 bridgehead atoms. The number of nitrogens with zero attached hydrogens (tertiary/aromatic N) is 2. The first kappa shape index (κ1) is 51.3. The quantitative estimate of drug-likeness (QED) is 0.204. The molecule has 2 saturated heterocycles. The summed E-state index contributed by atoms with van der Waals surface area (Å²) in [7, 11) is 0. The molecule has 0 spiro atoms. The van der Waals surface area contributed by atoms with Crippen LogP contribution in [0.2, 0.25) is 0 Å². The standard InChI is InChI=1S/C73H96N2O2/c1-5-48-30-40-56(41-31-48)76-57-42-35-52(36-43-57)73(51-18-8-6-9-19-51)64-26-14-12-22-58(64)59-44-39-55(47-66(59)73)74(69-29-17-25-62-61-24-16-27-65(72(2,3)4)70(61)77-71(62)69)54-37-32-49(33-38-54)50-34-45-68-63(46-50)60-23-13-15-28-67(60)75(68)53-20-10-7-11-21-53/h5,10,13,15-16,20,24,28,30-32,35,37-38,40,42,46-47,49,51-53,56-58,60-65,68-71H,1,6-9,11-12,14,17-19,21-23,25-27,29,33-34,36,39,41,43-45H2,2-4H3. The van der Waals surface area contributed by atoms with Gasteiger partial charge in [-0.3, -0.25) is 0 Å². The van der Waals surface area contributed by atoms with Gasteiger partial charge < -0.3 is 19.3 Å². The molecule has 0 N–H and O–H groups in total. The first-order valence-corrected chi connectivity index (χ1v) is 32.6. The van der Waals surface area contributed by atoms with Crippen molar-refractivity contribution >= 4 is 0 Å². The molecule has 17 unspecified atom stereocenters. The third kappa shape index (κ3) is 9.04. The molecule has 0 aromatic heterocycles. The second-order valence-electron chi connectivity index (χ2n) is 28.4. The Balaban J connectivity index is 0.818. The van der Waals surface area contributed by atoms with Crippen LogP contribution >= 0.6 is 0 Å². The molecule has 5 fully saturated rings. The number of hydrogen-bond donors (Lipinski definition) is 0. The van der Waals surface area contributed by atoms with E-state index in [-0.39, 0.29) is 29.1 Å². The molecule has 2 aliphatic heterocycles. The molecule has 12 aliphatic carbocycles. The van der Waals surface area contributed by atoms with Gasteiger partial charge in [-0.25, -0.2) is 0 Å². The first-order valence-electron chi connectivity index (χ1n) is 32.6. The highest BCUT2D eigenvalue weighted by molar-refractivity contribution is 5.49. The summed E-state index contributed by atoms with van der Waals surface area (Å²) in [6, 6.07) is 1.57. The van der Waals surface area contributed by atoms with E-state index in [1.165, 1.54) is 146 Å². The summed E-state index contributed by atoms with van der Waals surface area (Å²) in [6.07, 6.45) is 78.5. The fourth-order valence-corrected chi connectivity index (χ4v) is 20.4. The Kier molecular flexibility index (Phi) is 14.1. The van der Waals surface area contributed by atoms with Crippen LogP contribution in [0.4, 0.5) is 0 Å². The first-order chi connectivity index (χ1) is 37.8. The van der Waals surface area contributed by atoms with Gasteiger partial charge in [0.25, 0.3) is 0 Å². The second-order valence-corrected chi connectivity index (χ2v) is 28.4. The molecule has 0 amide bonds. The lowest BCUT2D eigenvalue weighted by atomic mass is 9.51. The van der Waals surface area contributed by atoms with E-state index in [9.17, 15) is 0 Å². The van der Waals surface area contributed by atoms with E-state index in [2.05, 4.69) is 140 Å². The second kappa shape index (κ2) is 21.2. The van der Waals surface area contributed by atoms with Crippen molar-refractivity contribution in [3.05, 3.63) is 155 Å². The lowest BCUT2D eigenvalue weighted by Crippen LogP contribution is -2.49. The van der Waals surface area contributed by atoms with Crippen molar-refractivity contribution in [3.8, 4) is 0 Å². The molecule has 2 heterocycles. The van der Waals surface area contributed by atoms with Crippen molar-refractivity contribution in [2.75, 3.05) is 0 Å². The highest BCUT2D eigenvalue weighted by atomic mass is 16.5. The zero-order chi connectivity index (χ0) is 51.8. The Labute approximate surface area is 466 Å². The lowest BCUT2D eigenvalue weighted by molar-refractivity contribution is -0.0647. The normalized spacial score (nSPS) is 42.3. The third-order valence-electron chi connectivity index (χ3n) is 23.7. The Bertz CT molecular complexity index is 2640. The Morgan fingerprint density at radius 3 is 2.40 bits per heavy atom. The SMILES string of the molecule is C=CC1=CCC(OC2C=CC(C3(C4CCCCC4)C4=C(CCC(N(C5=CCC(C6=CC7C8CC=CC=C8N(C8C=CCCC8)C7CC6)C=C5)C5CCCC6C7C=CCC(C(C)(C)C)C7OC65)=C4)C4CCCCC43)CC2)C=C1. The monoisotopic (exact) mass is 1030 g/mol. The summed E-state index contributed by atoms with van der Waals surface area (Å²) in [5.74, 6) is 6.30. The van der Waals surface area contributed by atoms with Crippen LogP contribution in [-0.2, 0) is 9.47 Å². The molecule has 3 saturated carbocycles. The number of likely N-dealkylation sites (tertiary alicyclic amines) is 1. The highest BCUT2D eigenvalue weighted by Gasteiger charge is 2.61. The maximum atomic E-state index is 7.76. The molecule has 0 aromatic rings. The van der Waals surface area contributed by atoms with Gasteiger partial charge in [-0.05, 0) is 192 Å². The Morgan fingerprint density at radius 2 is 1.61 bits per heavy atom. The number of hydrogen-bond acceptors (Lipinski definition) is 4. The van der Waals surface area contributed by atoms with Crippen LogP contribution in [0.5, 0.6) is 0 Å². The van der Waals surface area contributed by atoms with Gasteiger partial charge in [0.1, 0.15) is 0 Å². The fourth-order valence-electron chi connectivity index (χ4n) is 20.4. The summed E-state index contributed by atoms with van der Waals surface area (Å²) >= 11 is 0. The van der Waals surface area contributed by atoms with Crippen LogP contribution in [0.25, 0.3) is 0 Å². The molecular weight excluding hydrogens is 937 g/mol. The summed E-state index contributed by atoms with van der Waals surface area (Å²) in [6.45, 7) is 11.5. The molecular formula is C73H96N2O2. The van der Waals surface area contributed by atoms with Crippen LogP contribution < -0.4 is 0 Å². The summed E-state index contributed by atoms with van der Waals surface area (Å²) in [5.41, 5.74) is 11.9. The van der Waals surface area contributed by atoms with E-state index in [0.717, 1.165) is 43.4 Å². The Hall–Kier alpha value is -3.86. The molecule has 4 heteroatoms. The predicted molar refractivity (Wildman–Crippen MR) is 317 cm³/mol. The van der Waals surface area contributed by atoms with Crippen molar-refractivity contribution in [1.29, 1.82) is 0 Å². The minimum atomic E-state index is 0.158. The van der Waals surface area contributed by atoms with Crippen molar-refractivity contribution in [3.63, 3.8) is 0 Å². The summed E-state index contributed by atoms with van der Waals surface area (Å²) in [4.78, 5) is 5.93. The van der Waals surface area contributed by atoms with Crippen LogP contribution in [0.1, 0.15) is 181 Å². The number of allylic oxidation sites excluding steroid dienone is 18. The van der Waals surface area contributed by atoms with Crippen LogP contribution in [0.3, 0.4) is 0 Å². The van der Waals surface area contributed by atoms with E-state index in [0.29, 0.717) is 65.7 Å². The van der Waals surface area contributed by atoms with Crippen molar-refractivity contribution in [2.45, 2.75) is 224 Å². The van der Waals surface area contributed by atoms with Gasteiger partial charge in [0.05, 0.1) is 30.5 Å². The lowest BCUT2D eigenvalue weighted by Gasteiger charge is -2.53. The molecule has 4 nitrogen and oxygen atoms in total. The smallest absolute Gasteiger partial charge is 0.0821 e. The summed E-state index contributed by atoms with van der Waals surface area (Å²) in [5, 5.41) is 0. The van der Waals surface area contributed by atoms with E-state index >= 15 is 0 Å². The molecule has 14 rings (SSSR count). The summed E-state index contributed by atoms with van der Waals surface area (Å²) < 4.78 is 14.7. The number of ether oxygens (including phenoxy) is 2. The van der Waals surface area contributed by atoms with E-state index in [1.54, 1.807) is 17.0 Å². The average Bonchev–Trinajstić information content (AvgIpc) is 4.34. The fraction of sp³-hybridized carbons (Fsp3) is 0.644. The van der Waals surface area contributed by atoms with Crippen molar-refractivity contribution in [2.24, 2.45) is 70.0 Å². The zero-order valence-corrected chi connectivity index (χ0v) is 47.8. The van der Waals surface area contributed by atoms with Gasteiger partial charge in [0.15, 0.2) is 0 Å². The van der Waals surface area contributed by atoms with Gasteiger partial charge >= 0.3 is 0 Å². The Morgan fingerprint density at radius 1 is 0.714 bits per heavy atom. The minimum absolute atomic E-state index is 0.158. The average molecular weight is 1030 g/mol. The minimum Gasteiger partial charge on any atom is -0.372 e. The van der Waals surface area contributed by atoms with E-state index in [1.807, 2.05) is 17.2 Å². The van der Waals surface area contributed by atoms with E-state index < -0.39 is 0 Å². The highest BCUT2D eigenvalue weighted by Crippen LogP contribution is 2.69. The predicted octanol–water partition coefficient (Wildman–Crippen LogP) is 17.7. The zero-order valence-electron chi connectivity index (χ0n) is 47.8. The largest absolute Gasteiger partial charge is 0.372 e. The number of rotatable bonds is 10. The molecule has 410 valence electrons. The van der Waals surface area contributed by atoms with Crippen LogP contribution in [0, 0.1) is 70.0 Å². The topological polar surface area (TPSA) is 24.9 Å². The van der Waals surface area contributed by atoms with Gasteiger partial charge in [0, 0.05) is 58.3 Å². The third-order valence-corrected chi connectivity index (χ3v) is 23.7. The van der Waals surface area contributed by atoms with E-state index in [4.69, 9.17) is 9.47 Å². The molecule has 0 radical (unpaired) electrons. The van der Waals surface area contributed by atoms with Crippen molar-refractivity contribution < 1.29 is 9.47 Å². The van der Waals surface area contributed by atoms with Crippen molar-refractivity contribution in [1.82, 2.24) is 9.80 Å². The maximum absolute atomic E-state index is 7.76. The maximum Gasteiger partial charge on any atom is 0.0821 e. The number of fused-ring (bicyclic) bond motifs is 8. The molecule has 17 atom stereocenters. The van der Waals surface area contributed by atoms with Crippen LogP contribution in [-0.4, -0.2) is 52.3 Å². The van der Waals surface area contributed by atoms with Gasteiger partial charge in [0.2, 0.25) is 0 Å². The molecule has 77 heavy (non-hydrogen) atoms. The van der Waals surface area contributed by atoms with Gasteiger partial charge in [-0.1, -0.05) is 168 Å².